The van der Waals surface area contributed by atoms with Gasteiger partial charge in [0.15, 0.2) is 0 Å². The van der Waals surface area contributed by atoms with Crippen molar-refractivity contribution in [3.63, 3.8) is 0 Å². The molecule has 6 heteroatoms. The van der Waals surface area contributed by atoms with Gasteiger partial charge >= 0.3 is 0 Å². The first-order valence-electron chi connectivity index (χ1n) is 48.6. The SMILES string of the molecule is c1ccc(-c2ccc(N(c3ccc(-c4ccc(-c5cccc(-n6c7ccccc7c7ccccc76)c5)cc4)cc3)c3ccc4c(ccc5cc(-c6ccc7c(c6)oc6ccccc67)ccc54)c3)cc2)cc1.c1ccc(-c2cccc(N(c3ccc(-c4ccc(-c5cccc(-n6c7ccccc7c7ccccc76)c5)cc4)cc3)c3ccc4c(ccc5cc(-c6ccc7c(c6)oc6ccccc67)ccc54)c3)c2)cc1. The van der Waals surface area contributed by atoms with Crippen LogP contribution in [0.1, 0.15) is 0 Å². The van der Waals surface area contributed by atoms with Crippen molar-refractivity contribution < 1.29 is 8.83 Å². The highest BCUT2D eigenvalue weighted by Gasteiger charge is 2.23. The van der Waals surface area contributed by atoms with Crippen LogP contribution in [0.4, 0.5) is 34.1 Å². The lowest BCUT2D eigenvalue weighted by atomic mass is 9.96. The maximum Gasteiger partial charge on any atom is 0.136 e. The van der Waals surface area contributed by atoms with Gasteiger partial charge in [-0.1, -0.05) is 364 Å². The molecule has 0 N–H and O–H groups in total. The van der Waals surface area contributed by atoms with Gasteiger partial charge in [0.05, 0.1) is 22.1 Å². The number of hydrogen-bond acceptors (Lipinski definition) is 4. The highest BCUT2D eigenvalue weighted by Crippen LogP contribution is 2.47. The van der Waals surface area contributed by atoms with Crippen LogP contribution in [0.25, 0.3) is 231 Å². The minimum atomic E-state index is 0.909. The average molecular weight is 1810 g/mol. The van der Waals surface area contributed by atoms with E-state index in [0.717, 1.165) is 101 Å². The first-order chi connectivity index (χ1) is 70.3. The topological polar surface area (TPSA) is 42.6 Å². The third kappa shape index (κ3) is 14.8. The van der Waals surface area contributed by atoms with Crippen molar-refractivity contribution in [3.8, 4) is 100 Å². The molecule has 4 heterocycles. The molecule has 0 radical (unpaired) electrons. The molecule has 6 nitrogen and oxygen atoms in total. The summed E-state index contributed by atoms with van der Waals surface area (Å²) < 4.78 is 17.3. The zero-order chi connectivity index (χ0) is 93.7. The first kappa shape index (κ1) is 82.6. The molecule has 0 bridgehead atoms. The molecule has 0 spiro atoms. The van der Waals surface area contributed by atoms with E-state index in [9.17, 15) is 0 Å². The van der Waals surface area contributed by atoms with Gasteiger partial charge in [-0.25, -0.2) is 0 Å². The van der Waals surface area contributed by atoms with Crippen LogP contribution in [-0.2, 0) is 0 Å². The fourth-order valence-corrected chi connectivity index (χ4v) is 21.7. The lowest BCUT2D eigenvalue weighted by Crippen LogP contribution is -2.10. The number of para-hydroxylation sites is 6. The van der Waals surface area contributed by atoms with E-state index in [-0.39, 0.29) is 0 Å². The van der Waals surface area contributed by atoms with Gasteiger partial charge in [-0.05, 0) is 302 Å². The number of benzene rings is 24. The van der Waals surface area contributed by atoms with Crippen molar-refractivity contribution in [2.24, 2.45) is 0 Å². The minimum absolute atomic E-state index is 0.909. The summed E-state index contributed by atoms with van der Waals surface area (Å²) >= 11 is 0. The van der Waals surface area contributed by atoms with Crippen LogP contribution >= 0.6 is 0 Å². The average Bonchev–Trinajstić information content (AvgIpc) is 1.53. The van der Waals surface area contributed by atoms with Crippen LogP contribution in [0, 0.1) is 0 Å². The van der Waals surface area contributed by atoms with Gasteiger partial charge in [0.2, 0.25) is 0 Å². The minimum Gasteiger partial charge on any atom is -0.456 e. The summed E-state index contributed by atoms with van der Waals surface area (Å²) in [6.45, 7) is 0. The van der Waals surface area contributed by atoms with Crippen LogP contribution in [0.15, 0.2) is 543 Å². The molecule has 0 aliphatic carbocycles. The fraction of sp³-hybridized carbons (Fsp3) is 0. The van der Waals surface area contributed by atoms with Crippen molar-refractivity contribution in [2.45, 2.75) is 0 Å². The number of rotatable bonds is 16. The van der Waals surface area contributed by atoms with E-state index in [1.807, 2.05) is 24.3 Å². The van der Waals surface area contributed by atoms with E-state index in [4.69, 9.17) is 8.83 Å². The smallest absolute Gasteiger partial charge is 0.136 e. The van der Waals surface area contributed by atoms with E-state index in [1.54, 1.807) is 0 Å². The van der Waals surface area contributed by atoms with E-state index in [1.165, 1.54) is 165 Å². The number of aromatic nitrogens is 2. The van der Waals surface area contributed by atoms with Crippen molar-refractivity contribution in [1.82, 2.24) is 9.13 Å². The van der Waals surface area contributed by atoms with Crippen LogP contribution in [0.2, 0.25) is 0 Å². The summed E-state index contributed by atoms with van der Waals surface area (Å²) in [6, 6.07) is 193. The van der Waals surface area contributed by atoms with Gasteiger partial charge in [-0.2, -0.15) is 0 Å². The summed E-state index contributed by atoms with van der Waals surface area (Å²) in [6.07, 6.45) is 0. The van der Waals surface area contributed by atoms with Crippen LogP contribution < -0.4 is 9.80 Å². The summed E-state index contributed by atoms with van der Waals surface area (Å²) in [4.78, 5) is 4.75. The van der Waals surface area contributed by atoms with Crippen molar-refractivity contribution >= 4 is 165 Å². The Bertz CT molecular complexity index is 9670. The molecule has 0 fully saturated rings. The Kier molecular flexibility index (Phi) is 20.2. The Hall–Kier alpha value is -18.9. The molecule has 142 heavy (non-hydrogen) atoms. The Morgan fingerprint density at radius 3 is 0.739 bits per heavy atom. The number of furan rings is 2. The van der Waals surface area contributed by atoms with Gasteiger partial charge in [0.25, 0.3) is 0 Å². The van der Waals surface area contributed by atoms with Crippen LogP contribution in [0.5, 0.6) is 0 Å². The second-order valence-corrected chi connectivity index (χ2v) is 37.0. The van der Waals surface area contributed by atoms with Crippen LogP contribution in [-0.4, -0.2) is 9.13 Å². The maximum absolute atomic E-state index is 6.25. The van der Waals surface area contributed by atoms with Crippen LogP contribution in [0.3, 0.4) is 0 Å². The molecule has 0 saturated heterocycles. The number of nitrogens with zero attached hydrogens (tertiary/aromatic N) is 4. The van der Waals surface area contributed by atoms with Gasteiger partial charge in [0.1, 0.15) is 22.3 Å². The molecular formula is C136H88N4O2. The summed E-state index contributed by atoms with van der Waals surface area (Å²) in [5.41, 5.74) is 36.2. The van der Waals surface area contributed by atoms with E-state index < -0.39 is 0 Å². The Morgan fingerprint density at radius 2 is 0.359 bits per heavy atom. The zero-order valence-electron chi connectivity index (χ0n) is 77.4. The van der Waals surface area contributed by atoms with E-state index >= 15 is 0 Å². The lowest BCUT2D eigenvalue weighted by molar-refractivity contribution is 0.668. The first-order valence-corrected chi connectivity index (χ1v) is 48.6. The summed E-state index contributed by atoms with van der Waals surface area (Å²) in [5, 5.41) is 19.3. The number of hydrogen-bond donors (Lipinski definition) is 0. The summed E-state index contributed by atoms with van der Waals surface area (Å²) in [7, 11) is 0. The molecule has 24 aromatic carbocycles. The molecule has 28 rings (SSSR count). The molecule has 0 amide bonds. The van der Waals surface area contributed by atoms with E-state index in [2.05, 4.69) is 529 Å². The Balaban J connectivity index is 0.000000142. The van der Waals surface area contributed by atoms with Gasteiger partial charge in [0, 0.05) is 88.6 Å². The molecule has 0 unspecified atom stereocenters. The predicted molar refractivity (Wildman–Crippen MR) is 599 cm³/mol. The normalized spacial score (nSPS) is 11.7. The Labute approximate surface area is 820 Å². The standard InChI is InChI=1S/2C68H44N2O/c1-2-12-45(13-3-1)49-14-10-16-56(41-49)69(58-36-39-60-54(43-58)29-28-53-40-51(32-37-59(53)60)52-33-38-64-63-20-6-9-23-67(63)71-68(64)44-52)55-34-30-47(31-35-55)46-24-26-48(27-25-46)50-15-11-17-57(42-50)70-65-21-7-4-18-61(65)62-19-5-8-22-66(62)70;1-2-11-45(12-3-1)47-27-33-55(34-28-47)69(58-37-40-60-54(43-58)26-25-53-41-51(31-38-59(53)60)52-32-39-64-63-17-6-9-20-67(63)71-68(64)44-52)56-35-29-48(30-36-56)46-21-23-49(24-22-46)50-13-10-14-57(42-50)70-65-18-7-4-15-61(65)62-16-5-8-19-66(62)70/h2*1-44H. The van der Waals surface area contributed by atoms with Gasteiger partial charge in [-0.3, -0.25) is 0 Å². The lowest BCUT2D eigenvalue weighted by Gasteiger charge is -2.27. The molecule has 0 saturated carbocycles. The van der Waals surface area contributed by atoms with Gasteiger partial charge in [-0.15, -0.1) is 0 Å². The highest BCUT2D eigenvalue weighted by molar-refractivity contribution is 6.15. The van der Waals surface area contributed by atoms with Gasteiger partial charge < -0.3 is 27.8 Å². The van der Waals surface area contributed by atoms with Crippen molar-refractivity contribution in [2.75, 3.05) is 9.80 Å². The molecule has 0 aliphatic heterocycles. The molecule has 664 valence electrons. The maximum atomic E-state index is 6.25. The van der Waals surface area contributed by atoms with Crippen molar-refractivity contribution in [3.05, 3.63) is 534 Å². The molecule has 28 aromatic rings. The summed E-state index contributed by atoms with van der Waals surface area (Å²) in [5.74, 6) is 0. The molecule has 4 aromatic heterocycles. The predicted octanol–water partition coefficient (Wildman–Crippen LogP) is 38.3. The molecule has 0 aliphatic rings. The highest BCUT2D eigenvalue weighted by atomic mass is 16.3. The second-order valence-electron chi connectivity index (χ2n) is 37.0. The van der Waals surface area contributed by atoms with E-state index in [0.29, 0.717) is 0 Å². The molecular weight excluding hydrogens is 1720 g/mol. The fourth-order valence-electron chi connectivity index (χ4n) is 21.7. The Morgan fingerprint density at radius 1 is 0.127 bits per heavy atom. The quantitative estimate of drug-likeness (QED) is 0.0904. The third-order valence-corrected chi connectivity index (χ3v) is 28.7. The monoisotopic (exact) mass is 1810 g/mol. The number of fused-ring (bicyclic) bond motifs is 18. The molecule has 0 atom stereocenters. The largest absolute Gasteiger partial charge is 0.456 e. The van der Waals surface area contributed by atoms with Crippen molar-refractivity contribution in [1.29, 1.82) is 0 Å². The number of anilines is 6. The second kappa shape index (κ2) is 34.7. The third-order valence-electron chi connectivity index (χ3n) is 28.7. The zero-order valence-corrected chi connectivity index (χ0v) is 77.4.